The molecule has 11 nitrogen and oxygen atoms in total. The summed E-state index contributed by atoms with van der Waals surface area (Å²) in [5.41, 5.74) is 4.95. The minimum Gasteiger partial charge on any atom is -0.476 e. The first kappa shape index (κ1) is 28.6. The van der Waals surface area contributed by atoms with Crippen molar-refractivity contribution in [1.29, 1.82) is 10.5 Å². The number of anilines is 3. The molecule has 1 saturated heterocycles. The van der Waals surface area contributed by atoms with Crippen molar-refractivity contribution in [2.45, 2.75) is 19.9 Å². The molecule has 6 rings (SSSR count). The number of aromatic carboxylic acids is 1. The summed E-state index contributed by atoms with van der Waals surface area (Å²) in [6, 6.07) is 16.8. The quantitative estimate of drug-likeness (QED) is 0.237. The molecule has 0 unspecified atom stereocenters. The Bertz CT molecular complexity index is 2030. The highest BCUT2D eigenvalue weighted by Crippen LogP contribution is 2.33. The van der Waals surface area contributed by atoms with Crippen molar-refractivity contribution in [2.24, 2.45) is 0 Å². The van der Waals surface area contributed by atoms with Gasteiger partial charge in [0.2, 0.25) is 0 Å². The number of nitriles is 2. The summed E-state index contributed by atoms with van der Waals surface area (Å²) in [5.74, 6) is -0.688. The van der Waals surface area contributed by atoms with Gasteiger partial charge in [-0.3, -0.25) is 4.98 Å². The fourth-order valence-corrected chi connectivity index (χ4v) is 5.83. The van der Waals surface area contributed by atoms with E-state index < -0.39 is 5.97 Å². The van der Waals surface area contributed by atoms with Gasteiger partial charge in [-0.1, -0.05) is 17.7 Å². The standard InChI is InChI=1S/C32H26ClN9O2/c1-18-13-22(19(2)37-24-4-6-28(33)39-30(24)32(43)44)29-25(14-18)38-26(16-35)31(40-29)42-11-9-41(10-12-42)27-5-3-20(15-34)23-17-36-8-7-21(23)27/h3-8,13-14,17,19,37H,9-12H2,1-2H3,(H,43,44)/t19-/m1/s1. The predicted molar refractivity (Wildman–Crippen MR) is 168 cm³/mol. The zero-order valence-corrected chi connectivity index (χ0v) is 24.7. The van der Waals surface area contributed by atoms with E-state index in [4.69, 9.17) is 21.6 Å². The van der Waals surface area contributed by atoms with Crippen LogP contribution in [0, 0.1) is 29.6 Å². The number of halogens is 1. The van der Waals surface area contributed by atoms with Gasteiger partial charge in [0.15, 0.2) is 17.2 Å². The second-order valence-corrected chi connectivity index (χ2v) is 11.0. The van der Waals surface area contributed by atoms with E-state index in [2.05, 4.69) is 37.2 Å². The van der Waals surface area contributed by atoms with Gasteiger partial charge in [0, 0.05) is 60.6 Å². The van der Waals surface area contributed by atoms with Crippen LogP contribution in [0.25, 0.3) is 21.8 Å². The van der Waals surface area contributed by atoms with E-state index in [9.17, 15) is 20.4 Å². The average Bonchev–Trinajstić information content (AvgIpc) is 3.04. The molecule has 3 aromatic heterocycles. The molecule has 2 N–H and O–H groups in total. The average molecular weight is 604 g/mol. The molecule has 0 bridgehead atoms. The molecule has 0 spiro atoms. The van der Waals surface area contributed by atoms with Crippen LogP contribution in [-0.2, 0) is 0 Å². The summed E-state index contributed by atoms with van der Waals surface area (Å²) in [7, 11) is 0. The highest BCUT2D eigenvalue weighted by Gasteiger charge is 2.25. The first-order chi connectivity index (χ1) is 21.3. The number of nitrogens with zero attached hydrogens (tertiary/aromatic N) is 8. The number of benzene rings is 2. The van der Waals surface area contributed by atoms with Gasteiger partial charge in [-0.15, -0.1) is 0 Å². The third kappa shape index (κ3) is 5.26. The number of carbonyl (C=O) groups is 1. The monoisotopic (exact) mass is 603 g/mol. The zero-order valence-electron chi connectivity index (χ0n) is 23.9. The number of hydrogen-bond donors (Lipinski definition) is 2. The number of carboxylic acids is 1. The Hall–Kier alpha value is -5.52. The highest BCUT2D eigenvalue weighted by atomic mass is 35.5. The number of hydrogen-bond acceptors (Lipinski definition) is 10. The molecule has 0 aliphatic carbocycles. The minimum atomic E-state index is -1.19. The number of aromatic nitrogens is 4. The molecular weight excluding hydrogens is 578 g/mol. The lowest BCUT2D eigenvalue weighted by Crippen LogP contribution is -2.47. The first-order valence-corrected chi connectivity index (χ1v) is 14.3. The second kappa shape index (κ2) is 11.6. The van der Waals surface area contributed by atoms with Crippen LogP contribution in [0.4, 0.5) is 17.2 Å². The summed E-state index contributed by atoms with van der Waals surface area (Å²) < 4.78 is 0. The van der Waals surface area contributed by atoms with Crippen molar-refractivity contribution in [3.05, 3.63) is 88.1 Å². The summed E-state index contributed by atoms with van der Waals surface area (Å²) in [5, 5.41) is 34.4. The molecule has 1 fully saturated rings. The summed E-state index contributed by atoms with van der Waals surface area (Å²) in [6.45, 7) is 6.40. The Morgan fingerprint density at radius 3 is 2.50 bits per heavy atom. The summed E-state index contributed by atoms with van der Waals surface area (Å²) in [4.78, 5) is 34.0. The van der Waals surface area contributed by atoms with Gasteiger partial charge >= 0.3 is 5.97 Å². The molecule has 2 aromatic carbocycles. The Labute approximate surface area is 258 Å². The van der Waals surface area contributed by atoms with Crippen LogP contribution < -0.4 is 15.1 Å². The summed E-state index contributed by atoms with van der Waals surface area (Å²) in [6.07, 6.45) is 3.45. The molecule has 0 amide bonds. The molecule has 12 heteroatoms. The van der Waals surface area contributed by atoms with E-state index in [-0.39, 0.29) is 22.6 Å². The molecule has 0 radical (unpaired) electrons. The van der Waals surface area contributed by atoms with Crippen molar-refractivity contribution in [3.8, 4) is 12.1 Å². The zero-order chi connectivity index (χ0) is 31.0. The number of pyridine rings is 2. The van der Waals surface area contributed by atoms with Crippen LogP contribution in [0.15, 0.2) is 54.9 Å². The Morgan fingerprint density at radius 1 is 1.00 bits per heavy atom. The molecule has 218 valence electrons. The van der Waals surface area contributed by atoms with Gasteiger partial charge in [0.05, 0.1) is 34.4 Å². The van der Waals surface area contributed by atoms with Crippen molar-refractivity contribution in [3.63, 3.8) is 0 Å². The first-order valence-electron chi connectivity index (χ1n) is 13.9. The van der Waals surface area contributed by atoms with Gasteiger partial charge in [0.1, 0.15) is 11.2 Å². The maximum absolute atomic E-state index is 11.8. The highest BCUT2D eigenvalue weighted by molar-refractivity contribution is 6.29. The lowest BCUT2D eigenvalue weighted by atomic mass is 10.0. The molecule has 5 aromatic rings. The van der Waals surface area contributed by atoms with Crippen LogP contribution in [0.3, 0.4) is 0 Å². The molecule has 1 atom stereocenters. The minimum absolute atomic E-state index is 0.0885. The van der Waals surface area contributed by atoms with Crippen LogP contribution in [0.1, 0.15) is 45.8 Å². The van der Waals surface area contributed by atoms with Gasteiger partial charge in [-0.05, 0) is 55.8 Å². The van der Waals surface area contributed by atoms with Gasteiger partial charge in [-0.25, -0.2) is 19.7 Å². The molecule has 1 aliphatic rings. The lowest BCUT2D eigenvalue weighted by Gasteiger charge is -2.37. The molecular formula is C32H26ClN9O2. The Kier molecular flexibility index (Phi) is 7.56. The number of piperazine rings is 1. The topological polar surface area (TPSA) is 155 Å². The lowest BCUT2D eigenvalue weighted by molar-refractivity contribution is 0.0691. The SMILES string of the molecule is Cc1cc([C@@H](C)Nc2ccc(Cl)nc2C(=O)O)c2nc(N3CCN(c4ccc(C#N)c5cnccc45)CC3)c(C#N)nc2c1. The largest absolute Gasteiger partial charge is 0.476 e. The third-order valence-electron chi connectivity index (χ3n) is 7.77. The van der Waals surface area contributed by atoms with Crippen molar-refractivity contribution in [1.82, 2.24) is 19.9 Å². The van der Waals surface area contributed by atoms with Gasteiger partial charge in [-0.2, -0.15) is 10.5 Å². The number of fused-ring (bicyclic) bond motifs is 2. The van der Waals surface area contributed by atoms with E-state index in [1.807, 2.05) is 44.2 Å². The summed E-state index contributed by atoms with van der Waals surface area (Å²) >= 11 is 5.95. The van der Waals surface area contributed by atoms with E-state index in [0.29, 0.717) is 54.3 Å². The van der Waals surface area contributed by atoms with Crippen LogP contribution in [0.2, 0.25) is 5.15 Å². The smallest absolute Gasteiger partial charge is 0.356 e. The number of aryl methyl sites for hydroxylation is 1. The van der Waals surface area contributed by atoms with Crippen LogP contribution in [-0.4, -0.2) is 57.2 Å². The maximum atomic E-state index is 11.8. The number of nitrogens with one attached hydrogen (secondary N) is 1. The van der Waals surface area contributed by atoms with Gasteiger partial charge < -0.3 is 20.2 Å². The van der Waals surface area contributed by atoms with E-state index in [1.165, 1.54) is 6.07 Å². The predicted octanol–water partition coefficient (Wildman–Crippen LogP) is 5.48. The second-order valence-electron chi connectivity index (χ2n) is 10.6. The number of rotatable bonds is 6. The van der Waals surface area contributed by atoms with Crippen LogP contribution >= 0.6 is 11.6 Å². The van der Waals surface area contributed by atoms with Gasteiger partial charge in [0.25, 0.3) is 0 Å². The fraction of sp³-hybridized carbons (Fsp3) is 0.219. The normalized spacial score (nSPS) is 13.8. The molecule has 4 heterocycles. The van der Waals surface area contributed by atoms with E-state index >= 15 is 0 Å². The maximum Gasteiger partial charge on any atom is 0.356 e. The van der Waals surface area contributed by atoms with Crippen molar-refractivity contribution in [2.75, 3.05) is 41.3 Å². The van der Waals surface area contributed by atoms with E-state index in [0.717, 1.165) is 27.6 Å². The van der Waals surface area contributed by atoms with Crippen LogP contribution in [0.5, 0.6) is 0 Å². The number of carboxylic acid groups (broad SMARTS) is 1. The third-order valence-corrected chi connectivity index (χ3v) is 7.98. The Balaban J connectivity index is 1.32. The van der Waals surface area contributed by atoms with Crippen molar-refractivity contribution < 1.29 is 9.90 Å². The molecule has 44 heavy (non-hydrogen) atoms. The fourth-order valence-electron chi connectivity index (χ4n) is 5.68. The van der Waals surface area contributed by atoms with E-state index in [1.54, 1.807) is 18.5 Å². The molecule has 1 aliphatic heterocycles. The van der Waals surface area contributed by atoms with Crippen molar-refractivity contribution >= 4 is 56.6 Å². The molecule has 0 saturated carbocycles. The Morgan fingerprint density at radius 2 is 1.77 bits per heavy atom.